The van der Waals surface area contributed by atoms with Crippen LogP contribution in [0.4, 0.5) is 0 Å². The van der Waals surface area contributed by atoms with Gasteiger partial charge in [0.2, 0.25) is 0 Å². The van der Waals surface area contributed by atoms with E-state index in [-0.39, 0.29) is 11.7 Å². The fraction of sp³-hybridized carbons (Fsp3) is 0.727. The molecule has 0 saturated carbocycles. The monoisotopic (exact) mass is 195 g/mol. The summed E-state index contributed by atoms with van der Waals surface area (Å²) < 4.78 is 0. The van der Waals surface area contributed by atoms with Crippen molar-refractivity contribution in [2.75, 3.05) is 13.1 Å². The lowest BCUT2D eigenvalue weighted by atomic mass is 9.82. The van der Waals surface area contributed by atoms with Gasteiger partial charge in [-0.25, -0.2) is 0 Å². The lowest BCUT2D eigenvalue weighted by Crippen LogP contribution is -2.63. The second-order valence-electron chi connectivity index (χ2n) is 4.72. The topological polar surface area (TPSA) is 40.5 Å². The van der Waals surface area contributed by atoms with Crippen molar-refractivity contribution in [1.29, 1.82) is 0 Å². The van der Waals surface area contributed by atoms with E-state index in [9.17, 15) is 9.90 Å². The number of carbonyl (C=O) groups is 1. The molecule has 0 aromatic heterocycles. The Morgan fingerprint density at radius 1 is 1.43 bits per heavy atom. The van der Waals surface area contributed by atoms with Gasteiger partial charge in [-0.05, 0) is 12.3 Å². The molecule has 1 fully saturated rings. The number of aliphatic hydroxyl groups is 1. The summed E-state index contributed by atoms with van der Waals surface area (Å²) in [6.07, 6.45) is 3.22. The molecule has 1 N–H and O–H groups in total. The van der Waals surface area contributed by atoms with Crippen LogP contribution in [0.15, 0.2) is 11.8 Å². The molecule has 1 saturated heterocycles. The molecule has 0 aromatic carbocycles. The zero-order chi connectivity index (χ0) is 10.3. The van der Waals surface area contributed by atoms with Crippen molar-refractivity contribution in [3.8, 4) is 0 Å². The summed E-state index contributed by atoms with van der Waals surface area (Å²) in [4.78, 5) is 13.1. The third-order valence-electron chi connectivity index (χ3n) is 3.37. The van der Waals surface area contributed by atoms with Gasteiger partial charge in [0.05, 0.1) is 0 Å². The minimum absolute atomic E-state index is 0.222. The largest absolute Gasteiger partial charge is 0.386 e. The quantitative estimate of drug-likeness (QED) is 0.712. The predicted octanol–water partition coefficient (Wildman–Crippen LogP) is 0.936. The van der Waals surface area contributed by atoms with Crippen LogP contribution in [-0.4, -0.2) is 34.5 Å². The molecule has 0 bridgehead atoms. The molecule has 14 heavy (non-hydrogen) atoms. The Morgan fingerprint density at radius 2 is 2.07 bits per heavy atom. The molecule has 3 heteroatoms. The van der Waals surface area contributed by atoms with E-state index < -0.39 is 5.60 Å². The van der Waals surface area contributed by atoms with E-state index in [4.69, 9.17) is 0 Å². The molecule has 2 aliphatic rings. The fourth-order valence-electron chi connectivity index (χ4n) is 2.01. The summed E-state index contributed by atoms with van der Waals surface area (Å²) in [5.74, 6) is 0.511. The third-order valence-corrected chi connectivity index (χ3v) is 3.37. The number of allylic oxidation sites excluding steroid dienone is 2. The normalized spacial score (nSPS) is 25.3. The van der Waals surface area contributed by atoms with Crippen molar-refractivity contribution in [1.82, 2.24) is 4.90 Å². The van der Waals surface area contributed by atoms with Crippen LogP contribution >= 0.6 is 0 Å². The number of likely N-dealkylation sites (tertiary alicyclic amines) is 1. The molecule has 1 aliphatic heterocycles. The van der Waals surface area contributed by atoms with Crippen molar-refractivity contribution in [2.24, 2.45) is 5.92 Å². The average molecular weight is 195 g/mol. The van der Waals surface area contributed by atoms with Crippen molar-refractivity contribution in [2.45, 2.75) is 32.3 Å². The molecule has 1 aliphatic carbocycles. The highest BCUT2D eigenvalue weighted by Gasteiger charge is 2.44. The first-order chi connectivity index (χ1) is 6.51. The van der Waals surface area contributed by atoms with E-state index in [1.165, 1.54) is 0 Å². The maximum atomic E-state index is 11.0. The Kier molecular flexibility index (Phi) is 2.14. The molecule has 3 nitrogen and oxygen atoms in total. The Labute approximate surface area is 84.4 Å². The fourth-order valence-corrected chi connectivity index (χ4v) is 2.01. The number of β-amino-alcohol motifs (C(OH)–C–C–N with tert-alkyl or cyclic N) is 1. The second kappa shape index (κ2) is 3.09. The van der Waals surface area contributed by atoms with E-state index in [1.807, 2.05) is 13.8 Å². The third kappa shape index (κ3) is 1.46. The van der Waals surface area contributed by atoms with Gasteiger partial charge >= 0.3 is 0 Å². The zero-order valence-electron chi connectivity index (χ0n) is 8.79. The van der Waals surface area contributed by atoms with Gasteiger partial charge in [0.1, 0.15) is 5.60 Å². The first kappa shape index (κ1) is 9.71. The van der Waals surface area contributed by atoms with Gasteiger partial charge in [-0.1, -0.05) is 13.8 Å². The van der Waals surface area contributed by atoms with Gasteiger partial charge in [-0.2, -0.15) is 0 Å². The Morgan fingerprint density at radius 3 is 2.50 bits per heavy atom. The van der Waals surface area contributed by atoms with Crippen LogP contribution in [0.3, 0.4) is 0 Å². The molecule has 0 radical (unpaired) electrons. The van der Waals surface area contributed by atoms with E-state index in [0.29, 0.717) is 19.5 Å². The number of ketones is 1. The van der Waals surface area contributed by atoms with E-state index >= 15 is 0 Å². The summed E-state index contributed by atoms with van der Waals surface area (Å²) in [5, 5.41) is 10.0. The maximum Gasteiger partial charge on any atom is 0.157 e. The molecular formula is C11H17NO2. The summed E-state index contributed by atoms with van der Waals surface area (Å²) in [5.41, 5.74) is 0.576. The smallest absolute Gasteiger partial charge is 0.157 e. The van der Waals surface area contributed by atoms with Crippen molar-refractivity contribution < 1.29 is 9.90 Å². The summed E-state index contributed by atoms with van der Waals surface area (Å²) in [6.45, 7) is 5.44. The first-order valence-electron chi connectivity index (χ1n) is 5.22. The first-order valence-corrected chi connectivity index (χ1v) is 5.22. The molecule has 0 amide bonds. The number of rotatable bonds is 2. The van der Waals surface area contributed by atoms with Gasteiger partial charge in [0.25, 0.3) is 0 Å². The standard InChI is InChI=1S/C11H17NO2/c1-8(2)11(14)6-12(7-11)9-3-4-10(13)5-9/h5,8,14H,3-4,6-7H2,1-2H3. The lowest BCUT2D eigenvalue weighted by molar-refractivity contribution is -0.115. The Hall–Kier alpha value is -0.830. The number of hydrogen-bond donors (Lipinski definition) is 1. The number of hydrogen-bond acceptors (Lipinski definition) is 3. The van der Waals surface area contributed by atoms with Crippen LogP contribution in [0.25, 0.3) is 0 Å². The summed E-state index contributed by atoms with van der Waals surface area (Å²) in [7, 11) is 0. The molecule has 78 valence electrons. The lowest BCUT2D eigenvalue weighted by Gasteiger charge is -2.50. The maximum absolute atomic E-state index is 11.0. The Balaban J connectivity index is 1.95. The van der Waals surface area contributed by atoms with Crippen molar-refractivity contribution >= 4 is 5.78 Å². The molecule has 1 heterocycles. The van der Waals surface area contributed by atoms with Crippen LogP contribution < -0.4 is 0 Å². The van der Waals surface area contributed by atoms with Gasteiger partial charge in [-0.15, -0.1) is 0 Å². The average Bonchev–Trinajstić information content (AvgIpc) is 2.45. The molecule has 0 atom stereocenters. The zero-order valence-corrected chi connectivity index (χ0v) is 8.79. The molecular weight excluding hydrogens is 178 g/mol. The summed E-state index contributed by atoms with van der Waals surface area (Å²) >= 11 is 0. The predicted molar refractivity (Wildman–Crippen MR) is 53.7 cm³/mol. The van der Waals surface area contributed by atoms with Gasteiger partial charge in [-0.3, -0.25) is 4.79 Å². The van der Waals surface area contributed by atoms with E-state index in [1.54, 1.807) is 6.08 Å². The highest BCUT2D eigenvalue weighted by atomic mass is 16.3. The minimum atomic E-state index is -0.535. The van der Waals surface area contributed by atoms with E-state index in [2.05, 4.69) is 4.90 Å². The molecule has 0 spiro atoms. The molecule has 0 unspecified atom stereocenters. The minimum Gasteiger partial charge on any atom is -0.386 e. The van der Waals surface area contributed by atoms with Crippen LogP contribution in [0.1, 0.15) is 26.7 Å². The summed E-state index contributed by atoms with van der Waals surface area (Å²) in [6, 6.07) is 0. The molecule has 0 aromatic rings. The number of nitrogens with zero attached hydrogens (tertiary/aromatic N) is 1. The van der Waals surface area contributed by atoms with Gasteiger partial charge in [0.15, 0.2) is 5.78 Å². The second-order valence-corrected chi connectivity index (χ2v) is 4.72. The highest BCUT2D eigenvalue weighted by molar-refractivity contribution is 5.92. The van der Waals surface area contributed by atoms with Crippen LogP contribution in [0.2, 0.25) is 0 Å². The van der Waals surface area contributed by atoms with Gasteiger partial charge < -0.3 is 10.0 Å². The van der Waals surface area contributed by atoms with Crippen LogP contribution in [-0.2, 0) is 4.79 Å². The SMILES string of the molecule is CC(C)C1(O)CN(C2=CC(=O)CC2)C1. The van der Waals surface area contributed by atoms with Crippen LogP contribution in [0, 0.1) is 5.92 Å². The van der Waals surface area contributed by atoms with Crippen molar-refractivity contribution in [3.63, 3.8) is 0 Å². The molecule has 2 rings (SSSR count). The highest BCUT2D eigenvalue weighted by Crippen LogP contribution is 2.34. The van der Waals surface area contributed by atoms with Gasteiger partial charge in [0, 0.05) is 31.3 Å². The van der Waals surface area contributed by atoms with Crippen LogP contribution in [0.5, 0.6) is 0 Å². The Bertz CT molecular complexity index is 288. The van der Waals surface area contributed by atoms with E-state index in [0.717, 1.165) is 12.1 Å². The van der Waals surface area contributed by atoms with Crippen molar-refractivity contribution in [3.05, 3.63) is 11.8 Å². The number of carbonyl (C=O) groups excluding carboxylic acids is 1.